The lowest BCUT2D eigenvalue weighted by Gasteiger charge is -2.27. The summed E-state index contributed by atoms with van der Waals surface area (Å²) in [5.74, 6) is -0.0899. The van der Waals surface area contributed by atoms with Crippen molar-refractivity contribution in [1.29, 1.82) is 0 Å². The number of rotatable bonds is 2. The second kappa shape index (κ2) is 5.64. The summed E-state index contributed by atoms with van der Waals surface area (Å²) in [4.78, 5) is 14.4. The minimum absolute atomic E-state index is 0.0899. The summed E-state index contributed by atoms with van der Waals surface area (Å²) in [5, 5.41) is 4.35. The summed E-state index contributed by atoms with van der Waals surface area (Å²) < 4.78 is 31.7. The van der Waals surface area contributed by atoms with Gasteiger partial charge in [0, 0.05) is 32.2 Å². The number of hydrogen-bond acceptors (Lipinski definition) is 5. The van der Waals surface area contributed by atoms with Crippen molar-refractivity contribution in [2.75, 3.05) is 39.1 Å². The number of amides is 1. The first kappa shape index (κ1) is 15.4. The van der Waals surface area contributed by atoms with E-state index in [1.165, 1.54) is 10.6 Å². The number of carbonyl (C=O) groups excluding carboxylic acids is 1. The van der Waals surface area contributed by atoms with Crippen molar-refractivity contribution in [1.82, 2.24) is 19.0 Å². The van der Waals surface area contributed by atoms with Gasteiger partial charge in [0.2, 0.25) is 10.0 Å². The molecule has 9 heteroatoms. The summed E-state index contributed by atoms with van der Waals surface area (Å²) in [6.45, 7) is 2.89. The molecule has 0 saturated carbocycles. The summed E-state index contributed by atoms with van der Waals surface area (Å²) in [7, 11) is -1.49. The number of morpholine rings is 1. The normalized spacial score (nSPS) is 20.0. The predicted octanol–water partition coefficient (Wildman–Crippen LogP) is -0.790. The Morgan fingerprint density at radius 3 is 2.55 bits per heavy atom. The molecule has 3 rings (SSSR count). The van der Waals surface area contributed by atoms with Crippen LogP contribution in [0.5, 0.6) is 0 Å². The Labute approximate surface area is 129 Å². The molecule has 122 valence electrons. The van der Waals surface area contributed by atoms with Crippen molar-refractivity contribution in [3.8, 4) is 0 Å². The molecular formula is C13H20N4O4S. The fourth-order valence-electron chi connectivity index (χ4n) is 2.92. The molecule has 1 aromatic heterocycles. The van der Waals surface area contributed by atoms with Gasteiger partial charge < -0.3 is 9.64 Å². The zero-order valence-electron chi connectivity index (χ0n) is 12.8. The average Bonchev–Trinajstić information content (AvgIpc) is 2.83. The van der Waals surface area contributed by atoms with Gasteiger partial charge in [0.15, 0.2) is 5.69 Å². The predicted molar refractivity (Wildman–Crippen MR) is 78.9 cm³/mol. The lowest BCUT2D eigenvalue weighted by atomic mass is 10.0. The van der Waals surface area contributed by atoms with Crippen LogP contribution in [0.4, 0.5) is 0 Å². The van der Waals surface area contributed by atoms with Gasteiger partial charge in [0.1, 0.15) is 0 Å². The maximum Gasteiger partial charge on any atom is 0.274 e. The second-order valence-electron chi connectivity index (χ2n) is 5.65. The largest absolute Gasteiger partial charge is 0.378 e. The van der Waals surface area contributed by atoms with E-state index in [2.05, 4.69) is 5.10 Å². The summed E-state index contributed by atoms with van der Waals surface area (Å²) in [6.07, 6.45) is 1.72. The van der Waals surface area contributed by atoms with Crippen LogP contribution in [0, 0.1) is 0 Å². The number of nitrogens with zero attached hydrogens (tertiary/aromatic N) is 4. The van der Waals surface area contributed by atoms with E-state index >= 15 is 0 Å². The zero-order chi connectivity index (χ0) is 15.9. The van der Waals surface area contributed by atoms with Crippen LogP contribution < -0.4 is 0 Å². The highest BCUT2D eigenvalue weighted by Crippen LogP contribution is 2.24. The van der Waals surface area contributed by atoms with Gasteiger partial charge in [0.25, 0.3) is 5.91 Å². The van der Waals surface area contributed by atoms with E-state index in [1.54, 1.807) is 16.6 Å². The van der Waals surface area contributed by atoms with Gasteiger partial charge >= 0.3 is 0 Å². The number of sulfonamides is 1. The number of aryl methyl sites for hydroxylation is 1. The SMILES string of the molecule is Cn1nc(C(=O)N2CCOCC2)c2c1CN(S(C)(=O)=O)CC2. The molecule has 1 fully saturated rings. The lowest BCUT2D eigenvalue weighted by Crippen LogP contribution is -2.41. The molecule has 2 aliphatic rings. The first-order valence-corrected chi connectivity index (χ1v) is 9.09. The third-order valence-electron chi connectivity index (χ3n) is 4.18. The highest BCUT2D eigenvalue weighted by atomic mass is 32.2. The highest BCUT2D eigenvalue weighted by Gasteiger charge is 2.32. The Kier molecular flexibility index (Phi) is 3.96. The van der Waals surface area contributed by atoms with Crippen LogP contribution in [0.2, 0.25) is 0 Å². The lowest BCUT2D eigenvalue weighted by molar-refractivity contribution is 0.0297. The van der Waals surface area contributed by atoms with Gasteiger partial charge in [0.05, 0.1) is 31.7 Å². The van der Waals surface area contributed by atoms with E-state index < -0.39 is 10.0 Å². The standard InChI is InChI=1S/C13H20N4O4S/c1-15-11-9-17(22(2,19)20)4-3-10(11)12(14-15)13(18)16-5-7-21-8-6-16/h3-9H2,1-2H3. The van der Waals surface area contributed by atoms with Crippen molar-refractivity contribution < 1.29 is 17.9 Å². The Morgan fingerprint density at radius 1 is 1.23 bits per heavy atom. The molecule has 0 radical (unpaired) electrons. The summed E-state index contributed by atoms with van der Waals surface area (Å²) in [6, 6.07) is 0. The molecule has 8 nitrogen and oxygen atoms in total. The topological polar surface area (TPSA) is 84.7 Å². The first-order chi connectivity index (χ1) is 10.4. The highest BCUT2D eigenvalue weighted by molar-refractivity contribution is 7.88. The van der Waals surface area contributed by atoms with Gasteiger partial charge in [-0.2, -0.15) is 9.40 Å². The Bertz CT molecular complexity index is 691. The second-order valence-corrected chi connectivity index (χ2v) is 7.63. The van der Waals surface area contributed by atoms with E-state index in [-0.39, 0.29) is 12.5 Å². The van der Waals surface area contributed by atoms with Gasteiger partial charge in [-0.3, -0.25) is 9.48 Å². The minimum Gasteiger partial charge on any atom is -0.378 e. The molecule has 1 saturated heterocycles. The van der Waals surface area contributed by atoms with Crippen molar-refractivity contribution in [2.24, 2.45) is 7.05 Å². The zero-order valence-corrected chi connectivity index (χ0v) is 13.6. The van der Waals surface area contributed by atoms with Crippen LogP contribution in [0.15, 0.2) is 0 Å². The molecule has 0 spiro atoms. The molecule has 0 N–H and O–H groups in total. The monoisotopic (exact) mass is 328 g/mol. The van der Waals surface area contributed by atoms with E-state index in [0.717, 1.165) is 11.3 Å². The van der Waals surface area contributed by atoms with Crippen LogP contribution >= 0.6 is 0 Å². The van der Waals surface area contributed by atoms with Crippen LogP contribution in [0.3, 0.4) is 0 Å². The van der Waals surface area contributed by atoms with Crippen molar-refractivity contribution in [3.05, 3.63) is 17.0 Å². The van der Waals surface area contributed by atoms with Gasteiger partial charge in [-0.25, -0.2) is 8.42 Å². The fourth-order valence-corrected chi connectivity index (χ4v) is 3.70. The van der Waals surface area contributed by atoms with Crippen molar-refractivity contribution >= 4 is 15.9 Å². The van der Waals surface area contributed by atoms with Crippen molar-refractivity contribution in [2.45, 2.75) is 13.0 Å². The van der Waals surface area contributed by atoms with Crippen LogP contribution in [0.1, 0.15) is 21.7 Å². The van der Waals surface area contributed by atoms with Gasteiger partial charge in [-0.15, -0.1) is 0 Å². The average molecular weight is 328 g/mol. The Morgan fingerprint density at radius 2 is 1.91 bits per heavy atom. The van der Waals surface area contributed by atoms with E-state index in [0.29, 0.717) is 45.0 Å². The van der Waals surface area contributed by atoms with E-state index in [1.807, 2.05) is 0 Å². The first-order valence-electron chi connectivity index (χ1n) is 7.25. The van der Waals surface area contributed by atoms with Crippen LogP contribution in [-0.2, 0) is 34.8 Å². The smallest absolute Gasteiger partial charge is 0.274 e. The maximum atomic E-state index is 12.6. The van der Waals surface area contributed by atoms with E-state index in [9.17, 15) is 13.2 Å². The molecule has 2 aliphatic heterocycles. The third-order valence-corrected chi connectivity index (χ3v) is 5.43. The molecule has 1 aromatic rings. The van der Waals surface area contributed by atoms with Crippen molar-refractivity contribution in [3.63, 3.8) is 0 Å². The van der Waals surface area contributed by atoms with Gasteiger partial charge in [-0.05, 0) is 6.42 Å². The fraction of sp³-hybridized carbons (Fsp3) is 0.692. The molecule has 0 aliphatic carbocycles. The molecular weight excluding hydrogens is 308 g/mol. The Balaban J connectivity index is 1.88. The van der Waals surface area contributed by atoms with Gasteiger partial charge in [-0.1, -0.05) is 0 Å². The number of aromatic nitrogens is 2. The maximum absolute atomic E-state index is 12.6. The van der Waals surface area contributed by atoms with E-state index in [4.69, 9.17) is 4.74 Å². The molecule has 22 heavy (non-hydrogen) atoms. The molecule has 0 atom stereocenters. The quantitative estimate of drug-likeness (QED) is 0.710. The van der Waals surface area contributed by atoms with Crippen LogP contribution in [0.25, 0.3) is 0 Å². The Hall–Kier alpha value is -1.45. The molecule has 0 bridgehead atoms. The van der Waals surface area contributed by atoms with Crippen LogP contribution in [-0.4, -0.2) is 72.4 Å². The number of fused-ring (bicyclic) bond motifs is 1. The number of carbonyl (C=O) groups is 1. The number of ether oxygens (including phenoxy) is 1. The molecule has 0 unspecified atom stereocenters. The molecule has 3 heterocycles. The third kappa shape index (κ3) is 2.75. The molecule has 0 aromatic carbocycles. The molecule has 1 amide bonds. The minimum atomic E-state index is -3.24. The summed E-state index contributed by atoms with van der Waals surface area (Å²) in [5.41, 5.74) is 2.12. The summed E-state index contributed by atoms with van der Waals surface area (Å²) >= 11 is 0. The number of hydrogen-bond donors (Lipinski definition) is 0.